The van der Waals surface area contributed by atoms with Gasteiger partial charge in [-0.05, 0) is 43.3 Å². The van der Waals surface area contributed by atoms with Gasteiger partial charge in [-0.2, -0.15) is 15.0 Å². The lowest BCUT2D eigenvalue weighted by atomic mass is 10.3. The van der Waals surface area contributed by atoms with Crippen molar-refractivity contribution in [3.63, 3.8) is 0 Å². The Morgan fingerprint density at radius 3 is 2.89 bits per heavy atom. The lowest BCUT2D eigenvalue weighted by Gasteiger charge is -2.09. The fourth-order valence-corrected chi connectivity index (χ4v) is 2.29. The van der Waals surface area contributed by atoms with Crippen LogP contribution >= 0.6 is 22.9 Å². The van der Waals surface area contributed by atoms with Crippen molar-refractivity contribution in [2.75, 3.05) is 11.9 Å². The van der Waals surface area contributed by atoms with Crippen LogP contribution in [0.15, 0.2) is 17.5 Å². The zero-order chi connectivity index (χ0) is 13.7. The first kappa shape index (κ1) is 14.0. The van der Waals surface area contributed by atoms with Gasteiger partial charge in [-0.15, -0.1) is 11.3 Å². The number of nitrogens with zero attached hydrogens (tertiary/aromatic N) is 3. The summed E-state index contributed by atoms with van der Waals surface area (Å²) in [7, 11) is 0. The van der Waals surface area contributed by atoms with Gasteiger partial charge in [0.15, 0.2) is 0 Å². The molecule has 2 rings (SSSR count). The molecule has 0 aliphatic carbocycles. The largest absolute Gasteiger partial charge is 0.461 e. The number of hydrogen-bond donors (Lipinski definition) is 1. The summed E-state index contributed by atoms with van der Waals surface area (Å²) in [6.07, 6.45) is 0.916. The second-order valence-corrected chi connectivity index (χ2v) is 5.50. The zero-order valence-electron chi connectivity index (χ0n) is 10.8. The number of halogens is 1. The molecule has 1 N–H and O–H groups in total. The van der Waals surface area contributed by atoms with Gasteiger partial charge in [-0.1, -0.05) is 6.07 Å². The van der Waals surface area contributed by atoms with Gasteiger partial charge in [0, 0.05) is 11.4 Å². The number of hydrogen-bond acceptors (Lipinski definition) is 6. The molecular weight excluding hydrogens is 284 g/mol. The highest BCUT2D eigenvalue weighted by atomic mass is 35.5. The third kappa shape index (κ3) is 4.65. The second kappa shape index (κ2) is 6.68. The van der Waals surface area contributed by atoms with Crippen LogP contribution in [-0.4, -0.2) is 27.6 Å². The molecular formula is C12H15ClN4OS. The Morgan fingerprint density at radius 2 is 2.21 bits per heavy atom. The van der Waals surface area contributed by atoms with Gasteiger partial charge in [-0.3, -0.25) is 0 Å². The van der Waals surface area contributed by atoms with E-state index in [0.29, 0.717) is 5.95 Å². The van der Waals surface area contributed by atoms with Crippen LogP contribution in [0.2, 0.25) is 5.28 Å². The van der Waals surface area contributed by atoms with Crippen molar-refractivity contribution in [2.45, 2.75) is 26.4 Å². The first-order valence-electron chi connectivity index (χ1n) is 5.98. The topological polar surface area (TPSA) is 59.9 Å². The third-order valence-corrected chi connectivity index (χ3v) is 3.27. The first-order valence-corrected chi connectivity index (χ1v) is 7.24. The highest BCUT2D eigenvalue weighted by Crippen LogP contribution is 2.13. The highest BCUT2D eigenvalue weighted by molar-refractivity contribution is 7.09. The Labute approximate surface area is 121 Å². The van der Waals surface area contributed by atoms with Crippen LogP contribution in [0.4, 0.5) is 5.95 Å². The summed E-state index contributed by atoms with van der Waals surface area (Å²) in [6.45, 7) is 4.55. The Kier molecular flexibility index (Phi) is 4.93. The molecule has 0 saturated carbocycles. The standard InChI is InChI=1S/C12H15ClN4OS/c1-8(2)18-12-16-10(13)15-11(17-12)14-6-5-9-4-3-7-19-9/h3-4,7-8H,5-6H2,1-2H3,(H,14,15,16,17). The predicted octanol–water partition coefficient (Wildman–Crippen LogP) is 3.03. The molecule has 0 atom stereocenters. The summed E-state index contributed by atoms with van der Waals surface area (Å²) in [5.74, 6) is 0.437. The van der Waals surface area contributed by atoms with E-state index in [1.165, 1.54) is 4.88 Å². The molecule has 0 radical (unpaired) electrons. The minimum atomic E-state index is -0.00237. The Bertz CT molecular complexity index is 518. The number of thiophene rings is 1. The molecule has 5 nitrogen and oxygen atoms in total. The monoisotopic (exact) mass is 298 g/mol. The van der Waals surface area contributed by atoms with Gasteiger partial charge < -0.3 is 10.1 Å². The summed E-state index contributed by atoms with van der Waals surface area (Å²) in [5.41, 5.74) is 0. The van der Waals surface area contributed by atoms with E-state index in [0.717, 1.165) is 13.0 Å². The van der Waals surface area contributed by atoms with E-state index in [2.05, 4.69) is 31.7 Å². The average molecular weight is 299 g/mol. The van der Waals surface area contributed by atoms with Gasteiger partial charge in [0.05, 0.1) is 6.10 Å². The predicted molar refractivity (Wildman–Crippen MR) is 77.1 cm³/mol. The van der Waals surface area contributed by atoms with Crippen molar-refractivity contribution < 1.29 is 4.74 Å². The third-order valence-electron chi connectivity index (χ3n) is 2.16. The van der Waals surface area contributed by atoms with E-state index < -0.39 is 0 Å². The summed E-state index contributed by atoms with van der Waals surface area (Å²) in [4.78, 5) is 13.4. The van der Waals surface area contributed by atoms with E-state index >= 15 is 0 Å². The number of aromatic nitrogens is 3. The maximum Gasteiger partial charge on any atom is 0.322 e. The molecule has 0 unspecified atom stereocenters. The maximum absolute atomic E-state index is 5.83. The molecule has 0 saturated heterocycles. The summed E-state index contributed by atoms with van der Waals surface area (Å²) < 4.78 is 5.40. The normalized spacial score (nSPS) is 10.7. The van der Waals surface area contributed by atoms with E-state index in [1.807, 2.05) is 19.9 Å². The van der Waals surface area contributed by atoms with E-state index in [4.69, 9.17) is 16.3 Å². The molecule has 0 aliphatic heterocycles. The Balaban J connectivity index is 1.93. The van der Waals surface area contributed by atoms with Gasteiger partial charge >= 0.3 is 6.01 Å². The molecule has 0 aromatic carbocycles. The zero-order valence-corrected chi connectivity index (χ0v) is 12.3. The van der Waals surface area contributed by atoms with Crippen LogP contribution in [0.1, 0.15) is 18.7 Å². The van der Waals surface area contributed by atoms with Crippen molar-refractivity contribution >= 4 is 28.9 Å². The SMILES string of the molecule is CC(C)Oc1nc(Cl)nc(NCCc2cccs2)n1. The number of rotatable bonds is 6. The molecule has 0 bridgehead atoms. The Morgan fingerprint density at radius 1 is 1.37 bits per heavy atom. The smallest absolute Gasteiger partial charge is 0.322 e. The fraction of sp³-hybridized carbons (Fsp3) is 0.417. The van der Waals surface area contributed by atoms with Crippen LogP contribution in [-0.2, 0) is 6.42 Å². The van der Waals surface area contributed by atoms with Crippen molar-refractivity contribution in [3.05, 3.63) is 27.7 Å². The van der Waals surface area contributed by atoms with Crippen molar-refractivity contribution in [3.8, 4) is 6.01 Å². The van der Waals surface area contributed by atoms with Crippen LogP contribution in [0, 0.1) is 0 Å². The van der Waals surface area contributed by atoms with Crippen molar-refractivity contribution in [1.29, 1.82) is 0 Å². The quantitative estimate of drug-likeness (QED) is 0.888. The van der Waals surface area contributed by atoms with Crippen LogP contribution in [0.5, 0.6) is 6.01 Å². The van der Waals surface area contributed by atoms with Crippen LogP contribution in [0.25, 0.3) is 0 Å². The maximum atomic E-state index is 5.83. The average Bonchev–Trinajstić information content (AvgIpc) is 2.80. The highest BCUT2D eigenvalue weighted by Gasteiger charge is 2.07. The van der Waals surface area contributed by atoms with E-state index in [1.54, 1.807) is 11.3 Å². The molecule has 0 amide bonds. The van der Waals surface area contributed by atoms with E-state index in [9.17, 15) is 0 Å². The summed E-state index contributed by atoms with van der Waals surface area (Å²) >= 11 is 7.56. The molecule has 0 aliphatic rings. The number of nitrogens with one attached hydrogen (secondary N) is 1. The van der Waals surface area contributed by atoms with Crippen molar-refractivity contribution in [1.82, 2.24) is 15.0 Å². The first-order chi connectivity index (χ1) is 9.13. The fourth-order valence-electron chi connectivity index (χ4n) is 1.43. The molecule has 7 heteroatoms. The minimum Gasteiger partial charge on any atom is -0.461 e. The van der Waals surface area contributed by atoms with Crippen molar-refractivity contribution in [2.24, 2.45) is 0 Å². The summed E-state index contributed by atoms with van der Waals surface area (Å²) in [6, 6.07) is 4.38. The summed E-state index contributed by atoms with van der Waals surface area (Å²) in [5, 5.41) is 5.31. The lowest BCUT2D eigenvalue weighted by molar-refractivity contribution is 0.222. The molecule has 19 heavy (non-hydrogen) atoms. The molecule has 0 spiro atoms. The minimum absolute atomic E-state index is 0.00237. The van der Waals surface area contributed by atoms with E-state index in [-0.39, 0.29) is 17.4 Å². The van der Waals surface area contributed by atoms with Crippen LogP contribution < -0.4 is 10.1 Å². The van der Waals surface area contributed by atoms with Gasteiger partial charge in [-0.25, -0.2) is 0 Å². The molecule has 102 valence electrons. The van der Waals surface area contributed by atoms with Crippen LogP contribution in [0.3, 0.4) is 0 Å². The molecule has 2 aromatic rings. The molecule has 0 fully saturated rings. The number of ether oxygens (including phenoxy) is 1. The molecule has 2 heterocycles. The van der Waals surface area contributed by atoms with Gasteiger partial charge in [0.2, 0.25) is 11.2 Å². The van der Waals surface area contributed by atoms with Gasteiger partial charge in [0.25, 0.3) is 0 Å². The molecule has 2 aromatic heterocycles. The Hall–Kier alpha value is -1.40. The number of anilines is 1. The lowest BCUT2D eigenvalue weighted by Crippen LogP contribution is -2.12. The second-order valence-electron chi connectivity index (χ2n) is 4.13. The van der Waals surface area contributed by atoms with Gasteiger partial charge in [0.1, 0.15) is 0 Å².